The molecule has 8 heteroatoms. The lowest BCUT2D eigenvalue weighted by molar-refractivity contribution is 0.0697. The lowest BCUT2D eigenvalue weighted by Gasteiger charge is -2.06. The molecule has 0 spiro atoms. The van der Waals surface area contributed by atoms with Crippen molar-refractivity contribution in [3.63, 3.8) is 0 Å². The van der Waals surface area contributed by atoms with Crippen molar-refractivity contribution in [1.82, 2.24) is 15.5 Å². The number of anilines is 1. The van der Waals surface area contributed by atoms with Crippen molar-refractivity contribution in [2.24, 2.45) is 0 Å². The highest BCUT2D eigenvalue weighted by Gasteiger charge is 2.05. The molecule has 8 nitrogen and oxygen atoms in total. The smallest absolute Gasteiger partial charge is 0.335 e. The normalized spacial score (nSPS) is 10.0. The van der Waals surface area contributed by atoms with E-state index in [-0.39, 0.29) is 5.56 Å². The Kier molecular flexibility index (Phi) is 4.28. The van der Waals surface area contributed by atoms with Crippen LogP contribution in [0.2, 0.25) is 0 Å². The number of carbonyl (C=O) groups excluding carboxylic acids is 1. The molecule has 0 radical (unpaired) electrons. The van der Waals surface area contributed by atoms with Gasteiger partial charge in [-0.3, -0.25) is 0 Å². The summed E-state index contributed by atoms with van der Waals surface area (Å²) in [5.41, 5.74) is 0.664. The Bertz CT molecular complexity index is 580. The van der Waals surface area contributed by atoms with Crippen LogP contribution in [0, 0.1) is 0 Å². The second kappa shape index (κ2) is 6.32. The third-order valence-corrected chi connectivity index (χ3v) is 2.42. The molecule has 1 aromatic carbocycles. The average molecular weight is 276 g/mol. The van der Waals surface area contributed by atoms with Crippen LogP contribution >= 0.6 is 0 Å². The lowest BCUT2D eigenvalue weighted by atomic mass is 10.2. The van der Waals surface area contributed by atoms with Gasteiger partial charge in [0.2, 0.25) is 5.89 Å². The highest BCUT2D eigenvalue weighted by Crippen LogP contribution is 2.09. The van der Waals surface area contributed by atoms with E-state index in [2.05, 4.69) is 20.8 Å². The van der Waals surface area contributed by atoms with Crippen molar-refractivity contribution in [2.75, 3.05) is 11.9 Å². The minimum atomic E-state index is -1.01. The van der Waals surface area contributed by atoms with Gasteiger partial charge in [0.1, 0.15) is 0 Å². The van der Waals surface area contributed by atoms with Crippen LogP contribution in [-0.2, 0) is 6.42 Å². The Morgan fingerprint density at radius 1 is 1.25 bits per heavy atom. The Morgan fingerprint density at radius 3 is 2.60 bits per heavy atom. The third-order valence-electron chi connectivity index (χ3n) is 2.42. The topological polar surface area (TPSA) is 117 Å². The predicted octanol–water partition coefficient (Wildman–Crippen LogP) is 1.13. The van der Waals surface area contributed by atoms with E-state index in [9.17, 15) is 9.59 Å². The van der Waals surface area contributed by atoms with Gasteiger partial charge in [-0.25, -0.2) is 9.59 Å². The van der Waals surface area contributed by atoms with Crippen LogP contribution in [0.4, 0.5) is 10.5 Å². The highest BCUT2D eigenvalue weighted by atomic mass is 16.5. The Hall–Kier alpha value is -2.90. The van der Waals surface area contributed by atoms with E-state index >= 15 is 0 Å². The molecule has 0 aliphatic carbocycles. The number of carboxylic acids is 1. The Morgan fingerprint density at radius 2 is 2.00 bits per heavy atom. The zero-order valence-electron chi connectivity index (χ0n) is 10.4. The minimum Gasteiger partial charge on any atom is -0.478 e. The first kappa shape index (κ1) is 13.5. The van der Waals surface area contributed by atoms with Gasteiger partial charge in [-0.15, -0.1) is 0 Å². The van der Waals surface area contributed by atoms with Crippen LogP contribution in [0.3, 0.4) is 0 Å². The Balaban J connectivity index is 1.77. The van der Waals surface area contributed by atoms with Crippen molar-refractivity contribution in [1.29, 1.82) is 0 Å². The van der Waals surface area contributed by atoms with Gasteiger partial charge in [0.25, 0.3) is 0 Å². The van der Waals surface area contributed by atoms with E-state index in [1.54, 1.807) is 0 Å². The van der Waals surface area contributed by atoms with Gasteiger partial charge in [0.05, 0.1) is 5.56 Å². The zero-order chi connectivity index (χ0) is 14.4. The van der Waals surface area contributed by atoms with Crippen LogP contribution in [0.15, 0.2) is 35.1 Å². The number of nitrogens with zero attached hydrogens (tertiary/aromatic N) is 2. The van der Waals surface area contributed by atoms with E-state index in [1.165, 1.54) is 30.6 Å². The number of hydrogen-bond donors (Lipinski definition) is 3. The van der Waals surface area contributed by atoms with Gasteiger partial charge < -0.3 is 20.3 Å². The number of carbonyl (C=O) groups is 2. The summed E-state index contributed by atoms with van der Waals surface area (Å²) in [6.07, 6.45) is 1.73. The number of nitrogens with one attached hydrogen (secondary N) is 2. The summed E-state index contributed by atoms with van der Waals surface area (Å²) in [6, 6.07) is 5.46. The van der Waals surface area contributed by atoms with Crippen LogP contribution in [0.1, 0.15) is 16.2 Å². The lowest BCUT2D eigenvalue weighted by Crippen LogP contribution is -2.30. The molecular weight excluding hydrogens is 264 g/mol. The molecule has 1 aromatic heterocycles. The van der Waals surface area contributed by atoms with Crippen molar-refractivity contribution in [2.45, 2.75) is 6.42 Å². The number of benzene rings is 1. The zero-order valence-corrected chi connectivity index (χ0v) is 10.4. The summed E-state index contributed by atoms with van der Waals surface area (Å²) in [5.74, 6) is -0.573. The molecule has 0 saturated carbocycles. The van der Waals surface area contributed by atoms with Crippen LogP contribution in [0.25, 0.3) is 0 Å². The molecule has 0 saturated heterocycles. The standard InChI is InChI=1S/C12H12N4O4/c17-11(18)8-1-3-9(4-2-8)16-12(19)13-6-5-10-14-7-15-20-10/h1-4,7H,5-6H2,(H,17,18)(H2,13,16,19). The van der Waals surface area contributed by atoms with Gasteiger partial charge in [-0.1, -0.05) is 5.16 Å². The molecule has 0 unspecified atom stereocenters. The van der Waals surface area contributed by atoms with Crippen LogP contribution in [0.5, 0.6) is 0 Å². The molecule has 0 atom stereocenters. The fourth-order valence-electron chi connectivity index (χ4n) is 1.46. The van der Waals surface area contributed by atoms with Gasteiger partial charge >= 0.3 is 12.0 Å². The molecule has 2 aromatic rings. The maximum Gasteiger partial charge on any atom is 0.335 e. The molecule has 1 heterocycles. The monoisotopic (exact) mass is 276 g/mol. The molecule has 0 bridgehead atoms. The molecule has 2 amide bonds. The molecular formula is C12H12N4O4. The van der Waals surface area contributed by atoms with Gasteiger partial charge in [-0.2, -0.15) is 4.98 Å². The maximum atomic E-state index is 11.6. The first-order valence-corrected chi connectivity index (χ1v) is 5.79. The summed E-state index contributed by atoms with van der Waals surface area (Å²) in [6.45, 7) is 0.348. The SMILES string of the molecule is O=C(NCCc1ncno1)Nc1ccc(C(=O)O)cc1. The van der Waals surface area contributed by atoms with Crippen LogP contribution < -0.4 is 10.6 Å². The van der Waals surface area contributed by atoms with E-state index in [1.807, 2.05) is 0 Å². The van der Waals surface area contributed by atoms with E-state index in [0.717, 1.165) is 0 Å². The summed E-state index contributed by atoms with van der Waals surface area (Å²) < 4.78 is 4.78. The maximum absolute atomic E-state index is 11.6. The van der Waals surface area contributed by atoms with Crippen molar-refractivity contribution < 1.29 is 19.2 Å². The third kappa shape index (κ3) is 3.80. The fraction of sp³-hybridized carbons (Fsp3) is 0.167. The van der Waals surface area contributed by atoms with E-state index < -0.39 is 12.0 Å². The van der Waals surface area contributed by atoms with Crippen molar-refractivity contribution in [3.05, 3.63) is 42.0 Å². The Labute approximate surface area is 113 Å². The second-order valence-corrected chi connectivity index (χ2v) is 3.85. The second-order valence-electron chi connectivity index (χ2n) is 3.85. The van der Waals surface area contributed by atoms with Crippen LogP contribution in [-0.4, -0.2) is 33.8 Å². The average Bonchev–Trinajstić information content (AvgIpc) is 2.92. The molecule has 2 rings (SSSR count). The molecule has 0 aliphatic heterocycles. The molecule has 104 valence electrons. The van der Waals surface area contributed by atoms with Crippen molar-refractivity contribution >= 4 is 17.7 Å². The fourth-order valence-corrected chi connectivity index (χ4v) is 1.46. The molecule has 20 heavy (non-hydrogen) atoms. The number of aromatic carboxylic acids is 1. The number of carboxylic acid groups (broad SMARTS) is 1. The van der Waals surface area contributed by atoms with Gasteiger partial charge in [0.15, 0.2) is 6.33 Å². The van der Waals surface area contributed by atoms with Gasteiger partial charge in [0, 0.05) is 18.7 Å². The summed E-state index contributed by atoms with van der Waals surface area (Å²) >= 11 is 0. The minimum absolute atomic E-state index is 0.160. The number of hydrogen-bond acceptors (Lipinski definition) is 5. The molecule has 0 aliphatic rings. The predicted molar refractivity (Wildman–Crippen MR) is 68.4 cm³/mol. The number of urea groups is 1. The van der Waals surface area contributed by atoms with Crippen molar-refractivity contribution in [3.8, 4) is 0 Å². The quantitative estimate of drug-likeness (QED) is 0.753. The number of rotatable bonds is 5. The summed E-state index contributed by atoms with van der Waals surface area (Å²) in [5, 5.41) is 17.4. The summed E-state index contributed by atoms with van der Waals surface area (Å²) in [7, 11) is 0. The van der Waals surface area contributed by atoms with Gasteiger partial charge in [-0.05, 0) is 24.3 Å². The number of amides is 2. The first-order valence-electron chi connectivity index (χ1n) is 5.79. The number of aromatic nitrogens is 2. The molecule has 0 fully saturated rings. The van der Waals surface area contributed by atoms with E-state index in [0.29, 0.717) is 24.5 Å². The first-order chi connectivity index (χ1) is 9.65. The highest BCUT2D eigenvalue weighted by molar-refractivity contribution is 5.91. The van der Waals surface area contributed by atoms with E-state index in [4.69, 9.17) is 9.63 Å². The summed E-state index contributed by atoms with van der Waals surface area (Å²) in [4.78, 5) is 26.0. The molecule has 3 N–H and O–H groups in total. The largest absolute Gasteiger partial charge is 0.478 e.